The van der Waals surface area contributed by atoms with Gasteiger partial charge < -0.3 is 19.1 Å². The van der Waals surface area contributed by atoms with Gasteiger partial charge in [-0.1, -0.05) is 51.5 Å². The highest BCUT2D eigenvalue weighted by Gasteiger charge is 2.24. The molecule has 5 rings (SSSR count). The normalized spacial score (nSPS) is 14.8. The molecule has 5 nitrogen and oxygen atoms in total. The van der Waals surface area contributed by atoms with Crippen LogP contribution in [0.4, 0.5) is 0 Å². The van der Waals surface area contributed by atoms with E-state index in [-0.39, 0.29) is 0 Å². The summed E-state index contributed by atoms with van der Waals surface area (Å²) >= 11 is 2.01. The zero-order chi connectivity index (χ0) is 30.3. The molecule has 0 radical (unpaired) electrons. The van der Waals surface area contributed by atoms with Crippen molar-refractivity contribution < 1.29 is 14.2 Å². The predicted octanol–water partition coefficient (Wildman–Crippen LogP) is 7.80. The first-order valence-electron chi connectivity index (χ1n) is 15.6. The number of thiophene rings is 1. The van der Waals surface area contributed by atoms with Crippen molar-refractivity contribution in [2.45, 2.75) is 73.3 Å². The summed E-state index contributed by atoms with van der Waals surface area (Å²) in [5.74, 6) is 2.16. The highest BCUT2D eigenvalue weighted by molar-refractivity contribution is 7.12. The molecule has 0 bridgehead atoms. The number of rotatable bonds is 13. The van der Waals surface area contributed by atoms with Crippen molar-refractivity contribution >= 4 is 11.3 Å². The zero-order valence-corrected chi connectivity index (χ0v) is 28.1. The van der Waals surface area contributed by atoms with Crippen LogP contribution in [0, 0.1) is 29.7 Å². The maximum absolute atomic E-state index is 5.68. The second-order valence-corrected chi connectivity index (χ2v) is 13.9. The molecular weight excluding hydrogens is 540 g/mol. The Labute approximate surface area is 258 Å². The van der Waals surface area contributed by atoms with E-state index in [0.29, 0.717) is 16.9 Å². The van der Waals surface area contributed by atoms with E-state index in [0.717, 1.165) is 44.0 Å². The van der Waals surface area contributed by atoms with E-state index < -0.39 is 0 Å². The minimum Gasteiger partial charge on any atom is -0.493 e. The highest BCUT2D eigenvalue weighted by atomic mass is 32.1. The fourth-order valence-electron chi connectivity index (χ4n) is 5.96. The van der Waals surface area contributed by atoms with Crippen LogP contribution in [0.25, 0.3) is 0 Å². The first-order chi connectivity index (χ1) is 20.2. The molecule has 1 aromatic heterocycles. The molecule has 42 heavy (non-hydrogen) atoms. The third-order valence-electron chi connectivity index (χ3n) is 8.93. The lowest BCUT2D eigenvalue weighted by molar-refractivity contribution is 0.112. The molecule has 0 spiro atoms. The number of benzene rings is 2. The fraction of sp³-hybridized carbons (Fsp3) is 0.556. The molecule has 2 aliphatic carbocycles. The SMILES string of the molecule is CCCc1cc(CCC(C)(C)CCN2CCN(Cc3ccc(OC)c(OC)c3OC)CC2)sc1C.Cc1cc2ccc1=2. The van der Waals surface area contributed by atoms with Gasteiger partial charge in [0.1, 0.15) is 0 Å². The van der Waals surface area contributed by atoms with E-state index in [4.69, 9.17) is 14.2 Å². The lowest BCUT2D eigenvalue weighted by Crippen LogP contribution is -2.46. The summed E-state index contributed by atoms with van der Waals surface area (Å²) < 4.78 is 16.7. The van der Waals surface area contributed by atoms with Crippen molar-refractivity contribution in [1.29, 1.82) is 0 Å². The van der Waals surface area contributed by atoms with Crippen LogP contribution in [0.1, 0.15) is 66.5 Å². The van der Waals surface area contributed by atoms with Crippen molar-refractivity contribution in [2.24, 2.45) is 5.41 Å². The Morgan fingerprint density at radius 2 is 1.50 bits per heavy atom. The standard InChI is InChI=1S/C29H46N2O3S.C7H6/c1-8-9-23-20-25(35-22(23)2)12-13-29(3,4)14-15-30-16-18-31(19-17-30)21-24-10-11-26(32-5)28(34-7)27(24)33-6;1-5-4-6-2-3-7(5)6/h10-11,20H,8-9,12-19,21H2,1-7H3;2-4H,1H3. The molecule has 0 saturated carbocycles. The smallest absolute Gasteiger partial charge is 0.203 e. The van der Waals surface area contributed by atoms with E-state index in [1.165, 1.54) is 59.5 Å². The van der Waals surface area contributed by atoms with Crippen LogP contribution < -0.4 is 14.2 Å². The van der Waals surface area contributed by atoms with Crippen molar-refractivity contribution in [3.05, 3.63) is 73.3 Å². The van der Waals surface area contributed by atoms with Gasteiger partial charge in [0.25, 0.3) is 0 Å². The molecule has 6 heteroatoms. The minimum absolute atomic E-state index is 0.368. The monoisotopic (exact) mass is 592 g/mol. The number of piperazine rings is 1. The van der Waals surface area contributed by atoms with Crippen LogP contribution in [0.5, 0.6) is 17.2 Å². The Morgan fingerprint density at radius 1 is 0.786 bits per heavy atom. The number of hydrogen-bond acceptors (Lipinski definition) is 6. The van der Waals surface area contributed by atoms with Crippen LogP contribution in [-0.4, -0.2) is 63.9 Å². The number of aryl methyl sites for hydroxylation is 4. The molecule has 2 heterocycles. The van der Waals surface area contributed by atoms with E-state index in [9.17, 15) is 0 Å². The van der Waals surface area contributed by atoms with Gasteiger partial charge in [-0.3, -0.25) is 4.90 Å². The maximum atomic E-state index is 5.68. The van der Waals surface area contributed by atoms with E-state index in [1.54, 1.807) is 31.8 Å². The molecule has 230 valence electrons. The molecule has 1 aromatic carbocycles. The average Bonchev–Trinajstić information content (AvgIpc) is 3.33. The van der Waals surface area contributed by atoms with Gasteiger partial charge in [0.15, 0.2) is 11.5 Å². The number of hydrogen-bond donors (Lipinski definition) is 0. The lowest BCUT2D eigenvalue weighted by Gasteiger charge is -2.36. The lowest BCUT2D eigenvalue weighted by atomic mass is 9.84. The topological polar surface area (TPSA) is 34.2 Å². The summed E-state index contributed by atoms with van der Waals surface area (Å²) in [5, 5.41) is 2.91. The third-order valence-corrected chi connectivity index (χ3v) is 10.1. The first-order valence-corrected chi connectivity index (χ1v) is 16.4. The third kappa shape index (κ3) is 8.09. The molecule has 0 unspecified atom stereocenters. The average molecular weight is 593 g/mol. The van der Waals surface area contributed by atoms with Crippen molar-refractivity contribution in [3.63, 3.8) is 0 Å². The van der Waals surface area contributed by atoms with Crippen molar-refractivity contribution in [3.8, 4) is 17.2 Å². The first kappa shape index (κ1) is 32.4. The largest absolute Gasteiger partial charge is 0.493 e. The molecule has 1 aliphatic heterocycles. The summed E-state index contributed by atoms with van der Waals surface area (Å²) in [6.45, 7) is 18.0. The zero-order valence-electron chi connectivity index (χ0n) is 27.3. The van der Waals surface area contributed by atoms with Crippen LogP contribution >= 0.6 is 11.3 Å². The van der Waals surface area contributed by atoms with Gasteiger partial charge in [0.2, 0.25) is 5.75 Å². The van der Waals surface area contributed by atoms with Crippen LogP contribution in [0.3, 0.4) is 0 Å². The number of methoxy groups -OCH3 is 3. The number of nitrogens with zero attached hydrogens (tertiary/aromatic N) is 2. The van der Waals surface area contributed by atoms with Gasteiger partial charge >= 0.3 is 0 Å². The summed E-state index contributed by atoms with van der Waals surface area (Å²) in [4.78, 5) is 8.23. The maximum Gasteiger partial charge on any atom is 0.203 e. The predicted molar refractivity (Wildman–Crippen MR) is 176 cm³/mol. The molecule has 1 saturated heterocycles. The van der Waals surface area contributed by atoms with Gasteiger partial charge in [0, 0.05) is 48.0 Å². The van der Waals surface area contributed by atoms with E-state index in [2.05, 4.69) is 74.8 Å². The fourth-order valence-corrected chi connectivity index (χ4v) is 7.05. The van der Waals surface area contributed by atoms with Crippen LogP contribution in [-0.2, 0) is 19.4 Å². The van der Waals surface area contributed by atoms with Gasteiger partial charge in [-0.05, 0) is 85.2 Å². The van der Waals surface area contributed by atoms with E-state index in [1.807, 2.05) is 17.4 Å². The second-order valence-electron chi connectivity index (χ2n) is 12.6. The Kier molecular flexibility index (Phi) is 11.4. The summed E-state index contributed by atoms with van der Waals surface area (Å²) in [6.07, 6.45) is 6.18. The van der Waals surface area contributed by atoms with Crippen molar-refractivity contribution in [2.75, 3.05) is 54.1 Å². The van der Waals surface area contributed by atoms with Crippen molar-refractivity contribution in [1.82, 2.24) is 9.80 Å². The Hall–Kier alpha value is -2.54. The van der Waals surface area contributed by atoms with Gasteiger partial charge in [-0.2, -0.15) is 0 Å². The molecule has 3 aliphatic rings. The van der Waals surface area contributed by atoms with Gasteiger partial charge in [0.05, 0.1) is 21.3 Å². The molecule has 2 aromatic rings. The quantitative estimate of drug-likeness (QED) is 0.158. The second kappa shape index (κ2) is 14.8. The Morgan fingerprint density at radius 3 is 2.02 bits per heavy atom. The molecule has 1 fully saturated rings. The molecule has 0 atom stereocenters. The summed E-state index contributed by atoms with van der Waals surface area (Å²) in [6, 6.07) is 13.0. The van der Waals surface area contributed by atoms with Crippen LogP contribution in [0.15, 0.2) is 36.4 Å². The molecule has 0 N–H and O–H groups in total. The molecule has 0 amide bonds. The van der Waals surface area contributed by atoms with E-state index >= 15 is 0 Å². The van der Waals surface area contributed by atoms with Crippen LogP contribution in [0.2, 0.25) is 0 Å². The Bertz CT molecular complexity index is 1410. The van der Waals surface area contributed by atoms with Gasteiger partial charge in [-0.25, -0.2) is 0 Å². The van der Waals surface area contributed by atoms with Gasteiger partial charge in [-0.15, -0.1) is 11.3 Å². The highest BCUT2D eigenvalue weighted by Crippen LogP contribution is 2.40. The summed E-state index contributed by atoms with van der Waals surface area (Å²) in [7, 11) is 5.02. The number of ether oxygens (including phenoxy) is 3. The molecular formula is C36H52N2O3S. The Balaban J connectivity index is 0.000000496. The minimum atomic E-state index is 0.368. The summed E-state index contributed by atoms with van der Waals surface area (Å²) in [5.41, 5.74) is 4.52.